The second-order valence-corrected chi connectivity index (χ2v) is 4.21. The van der Waals surface area contributed by atoms with Crippen LogP contribution in [0.5, 0.6) is 0 Å². The molecule has 0 saturated carbocycles. The maximum atomic E-state index is 11.4. The molecule has 0 amide bonds. The third kappa shape index (κ3) is 3.00. The van der Waals surface area contributed by atoms with Crippen LogP contribution in [0.1, 0.15) is 29.7 Å². The van der Waals surface area contributed by atoms with Crippen LogP contribution in [-0.2, 0) is 9.53 Å². The van der Waals surface area contributed by atoms with Gasteiger partial charge in [0.05, 0.1) is 6.61 Å². The summed E-state index contributed by atoms with van der Waals surface area (Å²) in [4.78, 5) is 11.4. The summed E-state index contributed by atoms with van der Waals surface area (Å²) in [6, 6.07) is 3.36. The molecular weight excluding hydrogens is 234 g/mol. The highest BCUT2D eigenvalue weighted by molar-refractivity contribution is 5.75. The fraction of sp³-hybridized carbons (Fsp3) is 0.462. The Labute approximate surface area is 106 Å². The second kappa shape index (κ2) is 5.84. The first-order chi connectivity index (χ1) is 8.38. The van der Waals surface area contributed by atoms with Crippen molar-refractivity contribution < 1.29 is 19.7 Å². The molecule has 1 aromatic carbocycles. The predicted octanol–water partition coefficient (Wildman–Crippen LogP) is 0.843. The van der Waals surface area contributed by atoms with Crippen LogP contribution in [0.2, 0.25) is 0 Å². The second-order valence-electron chi connectivity index (χ2n) is 4.21. The van der Waals surface area contributed by atoms with Gasteiger partial charge in [0.2, 0.25) is 0 Å². The lowest BCUT2D eigenvalue weighted by molar-refractivity contribution is -0.159. The number of ether oxygens (including phenoxy) is 1. The number of hydrogen-bond donors (Lipinski definition) is 3. The molecule has 0 bridgehead atoms. The number of nitrogens with two attached hydrogens (primary N) is 1. The fourth-order valence-corrected chi connectivity index (χ4v) is 1.71. The summed E-state index contributed by atoms with van der Waals surface area (Å²) in [7, 11) is 0. The first-order valence-corrected chi connectivity index (χ1v) is 5.77. The summed E-state index contributed by atoms with van der Waals surface area (Å²) in [5.41, 5.74) is 8.32. The van der Waals surface area contributed by atoms with Gasteiger partial charge in [-0.25, -0.2) is 4.79 Å². The number of hydrogen-bond acceptors (Lipinski definition) is 5. The Morgan fingerprint density at radius 2 is 1.94 bits per heavy atom. The zero-order valence-electron chi connectivity index (χ0n) is 10.8. The van der Waals surface area contributed by atoms with Crippen LogP contribution in [0.4, 0.5) is 5.69 Å². The first kappa shape index (κ1) is 14.5. The summed E-state index contributed by atoms with van der Waals surface area (Å²) in [6.45, 7) is 5.34. The number of carbonyl (C=O) groups is 1. The van der Waals surface area contributed by atoms with Gasteiger partial charge in [-0.1, -0.05) is 6.07 Å². The normalized spacial score (nSPS) is 14.1. The zero-order valence-corrected chi connectivity index (χ0v) is 10.8. The Hall–Kier alpha value is -1.59. The molecule has 0 heterocycles. The van der Waals surface area contributed by atoms with Gasteiger partial charge in [0.25, 0.3) is 0 Å². The monoisotopic (exact) mass is 253 g/mol. The molecule has 2 unspecified atom stereocenters. The Morgan fingerprint density at radius 1 is 1.33 bits per heavy atom. The lowest BCUT2D eigenvalue weighted by Crippen LogP contribution is -2.30. The lowest BCUT2D eigenvalue weighted by Gasteiger charge is -2.19. The summed E-state index contributed by atoms with van der Waals surface area (Å²) >= 11 is 0. The van der Waals surface area contributed by atoms with Gasteiger partial charge in [0.15, 0.2) is 6.10 Å². The van der Waals surface area contributed by atoms with E-state index >= 15 is 0 Å². The Balaban J connectivity index is 3.00. The van der Waals surface area contributed by atoms with E-state index in [4.69, 9.17) is 5.73 Å². The molecule has 0 aliphatic rings. The van der Waals surface area contributed by atoms with Crippen LogP contribution in [-0.4, -0.2) is 28.9 Å². The van der Waals surface area contributed by atoms with Crippen molar-refractivity contribution in [1.29, 1.82) is 0 Å². The van der Waals surface area contributed by atoms with Gasteiger partial charge >= 0.3 is 5.97 Å². The van der Waals surface area contributed by atoms with Crippen LogP contribution < -0.4 is 5.73 Å². The molecule has 1 rings (SSSR count). The first-order valence-electron chi connectivity index (χ1n) is 5.77. The molecule has 1 aromatic rings. The number of rotatable bonds is 4. The van der Waals surface area contributed by atoms with Gasteiger partial charge in [-0.2, -0.15) is 0 Å². The number of carbonyl (C=O) groups excluding carboxylic acids is 1. The minimum absolute atomic E-state index is 0.155. The number of anilines is 1. The van der Waals surface area contributed by atoms with Crippen molar-refractivity contribution in [3.63, 3.8) is 0 Å². The van der Waals surface area contributed by atoms with E-state index in [0.717, 1.165) is 5.56 Å². The van der Waals surface area contributed by atoms with Gasteiger partial charge < -0.3 is 20.7 Å². The summed E-state index contributed by atoms with van der Waals surface area (Å²) in [5.74, 6) is -0.834. The molecule has 100 valence electrons. The van der Waals surface area contributed by atoms with Gasteiger partial charge in [-0.05, 0) is 43.5 Å². The summed E-state index contributed by atoms with van der Waals surface area (Å²) in [6.07, 6.45) is -2.91. The molecule has 0 radical (unpaired) electrons. The van der Waals surface area contributed by atoms with Crippen molar-refractivity contribution in [2.45, 2.75) is 33.0 Å². The predicted molar refractivity (Wildman–Crippen MR) is 67.9 cm³/mol. The van der Waals surface area contributed by atoms with Crippen molar-refractivity contribution in [2.24, 2.45) is 0 Å². The number of benzene rings is 1. The van der Waals surface area contributed by atoms with Crippen LogP contribution in [0.15, 0.2) is 12.1 Å². The molecule has 5 nitrogen and oxygen atoms in total. The van der Waals surface area contributed by atoms with Crippen molar-refractivity contribution in [3.05, 3.63) is 28.8 Å². The minimum Gasteiger partial charge on any atom is -0.464 e. The third-order valence-electron chi connectivity index (χ3n) is 2.80. The largest absolute Gasteiger partial charge is 0.464 e. The zero-order chi connectivity index (χ0) is 13.9. The van der Waals surface area contributed by atoms with Gasteiger partial charge in [-0.15, -0.1) is 0 Å². The molecule has 4 N–H and O–H groups in total. The van der Waals surface area contributed by atoms with E-state index in [0.29, 0.717) is 16.8 Å². The van der Waals surface area contributed by atoms with Crippen LogP contribution in [0, 0.1) is 13.8 Å². The maximum Gasteiger partial charge on any atom is 0.338 e. The van der Waals surface area contributed by atoms with E-state index in [-0.39, 0.29) is 6.61 Å². The number of aliphatic hydroxyl groups is 2. The van der Waals surface area contributed by atoms with Crippen LogP contribution >= 0.6 is 0 Å². The Bertz CT molecular complexity index is 445. The van der Waals surface area contributed by atoms with Gasteiger partial charge in [-0.3, -0.25) is 0 Å². The maximum absolute atomic E-state index is 11.4. The van der Waals surface area contributed by atoms with Crippen molar-refractivity contribution in [3.8, 4) is 0 Å². The molecule has 0 aliphatic carbocycles. The third-order valence-corrected chi connectivity index (χ3v) is 2.80. The highest BCUT2D eigenvalue weighted by Gasteiger charge is 2.28. The van der Waals surface area contributed by atoms with E-state index < -0.39 is 18.2 Å². The highest BCUT2D eigenvalue weighted by atomic mass is 16.5. The molecule has 18 heavy (non-hydrogen) atoms. The van der Waals surface area contributed by atoms with Crippen LogP contribution in [0.3, 0.4) is 0 Å². The Kier molecular flexibility index (Phi) is 4.69. The quantitative estimate of drug-likeness (QED) is 0.546. The minimum atomic E-state index is -1.59. The SMILES string of the molecule is CCOC(=O)C(O)C(O)c1cc(C)c(N)cc1C. The van der Waals surface area contributed by atoms with Crippen molar-refractivity contribution in [2.75, 3.05) is 12.3 Å². The summed E-state index contributed by atoms with van der Waals surface area (Å²) < 4.78 is 4.67. The molecule has 0 fully saturated rings. The Morgan fingerprint density at radius 3 is 2.50 bits per heavy atom. The number of nitrogen functional groups attached to an aromatic ring is 1. The van der Waals surface area contributed by atoms with Crippen molar-refractivity contribution >= 4 is 11.7 Å². The molecule has 0 spiro atoms. The highest BCUT2D eigenvalue weighted by Crippen LogP contribution is 2.25. The average molecular weight is 253 g/mol. The van der Waals surface area contributed by atoms with E-state index in [1.54, 1.807) is 32.9 Å². The van der Waals surface area contributed by atoms with E-state index in [1.807, 2.05) is 0 Å². The van der Waals surface area contributed by atoms with Gasteiger partial charge in [0.1, 0.15) is 6.10 Å². The molecule has 0 aliphatic heterocycles. The van der Waals surface area contributed by atoms with E-state index in [2.05, 4.69) is 4.74 Å². The number of aryl methyl sites for hydroxylation is 2. The summed E-state index contributed by atoms with van der Waals surface area (Å²) in [5, 5.41) is 19.7. The van der Waals surface area contributed by atoms with Crippen LogP contribution in [0.25, 0.3) is 0 Å². The van der Waals surface area contributed by atoms with E-state index in [9.17, 15) is 15.0 Å². The molecule has 0 aromatic heterocycles. The topological polar surface area (TPSA) is 92.8 Å². The average Bonchev–Trinajstić information content (AvgIpc) is 2.32. The lowest BCUT2D eigenvalue weighted by atomic mass is 9.96. The smallest absolute Gasteiger partial charge is 0.338 e. The van der Waals surface area contributed by atoms with Gasteiger partial charge in [0, 0.05) is 5.69 Å². The van der Waals surface area contributed by atoms with Crippen molar-refractivity contribution in [1.82, 2.24) is 0 Å². The number of aliphatic hydroxyl groups excluding tert-OH is 2. The fourth-order valence-electron chi connectivity index (χ4n) is 1.71. The molecule has 0 saturated heterocycles. The molecular formula is C13H19NO4. The molecule has 2 atom stereocenters. The molecule has 5 heteroatoms. The number of esters is 1. The standard InChI is InChI=1S/C13H19NO4/c1-4-18-13(17)12(16)11(15)9-5-8(3)10(14)6-7(9)2/h5-6,11-12,15-16H,4,14H2,1-3H3. The van der Waals surface area contributed by atoms with E-state index in [1.165, 1.54) is 0 Å².